The number of ether oxygens (including phenoxy) is 1. The van der Waals surface area contributed by atoms with Gasteiger partial charge >= 0.3 is 7.05 Å². The lowest BCUT2D eigenvalue weighted by atomic mass is 9.69. The molecule has 0 aliphatic carbocycles. The molecule has 0 unspecified atom stereocenters. The van der Waals surface area contributed by atoms with Crippen LogP contribution in [0.3, 0.4) is 0 Å². The molecule has 0 aromatic heterocycles. The summed E-state index contributed by atoms with van der Waals surface area (Å²) >= 11 is 0. The van der Waals surface area contributed by atoms with E-state index in [9.17, 15) is 5.02 Å². The van der Waals surface area contributed by atoms with E-state index in [1.54, 1.807) is 18.2 Å². The number of para-hydroxylation sites is 2. The number of methoxy groups -OCH3 is 1. The highest BCUT2D eigenvalue weighted by Crippen LogP contribution is 2.29. The molecule has 2 aromatic rings. The monoisotopic (exact) mass is 252 g/mol. The fourth-order valence-corrected chi connectivity index (χ4v) is 2.20. The molecule has 3 rings (SSSR count). The van der Waals surface area contributed by atoms with E-state index in [2.05, 4.69) is 5.10 Å². The number of nitrogens with zero attached hydrogens (tertiary/aromatic N) is 2. The number of hydrogen-bond donors (Lipinski definition) is 1. The zero-order chi connectivity index (χ0) is 13.2. The van der Waals surface area contributed by atoms with Crippen LogP contribution >= 0.6 is 0 Å². The van der Waals surface area contributed by atoms with Crippen molar-refractivity contribution >= 4 is 24.4 Å². The van der Waals surface area contributed by atoms with Crippen molar-refractivity contribution < 1.29 is 9.76 Å². The first kappa shape index (κ1) is 11.8. The van der Waals surface area contributed by atoms with Gasteiger partial charge in [-0.3, -0.25) is 4.92 Å². The largest absolute Gasteiger partial charge is 0.495 e. The zero-order valence-electron chi connectivity index (χ0n) is 10.5. The van der Waals surface area contributed by atoms with E-state index in [1.807, 2.05) is 48.5 Å². The Balaban J connectivity index is 2.05. The molecule has 0 radical (unpaired) electrons. The van der Waals surface area contributed by atoms with Crippen molar-refractivity contribution in [2.24, 2.45) is 5.10 Å². The van der Waals surface area contributed by atoms with Crippen molar-refractivity contribution in [3.63, 3.8) is 0 Å². The second kappa shape index (κ2) is 4.78. The van der Waals surface area contributed by atoms with Crippen LogP contribution < -0.4 is 15.1 Å². The minimum Gasteiger partial charge on any atom is -0.495 e. The topological polar surface area (TPSA) is 45.1 Å². The van der Waals surface area contributed by atoms with E-state index in [0.717, 1.165) is 16.7 Å². The van der Waals surface area contributed by atoms with Crippen molar-refractivity contribution in [1.29, 1.82) is 0 Å². The minimum absolute atomic E-state index is 0.679. The first-order valence-corrected chi connectivity index (χ1v) is 6.04. The highest BCUT2D eigenvalue weighted by atomic mass is 16.5. The van der Waals surface area contributed by atoms with Crippen LogP contribution in [0.4, 0.5) is 5.69 Å². The molecule has 5 heteroatoms. The number of fused-ring (bicyclic) bond motifs is 1. The Kier molecular flexibility index (Phi) is 2.97. The van der Waals surface area contributed by atoms with Crippen LogP contribution in [-0.4, -0.2) is 25.4 Å². The van der Waals surface area contributed by atoms with Crippen LogP contribution in [0.1, 0.15) is 5.56 Å². The second-order valence-corrected chi connectivity index (χ2v) is 4.26. The summed E-state index contributed by atoms with van der Waals surface area (Å²) < 4.78 is 5.31. The van der Waals surface area contributed by atoms with Crippen LogP contribution in [0.5, 0.6) is 5.75 Å². The maximum atomic E-state index is 10.5. The highest BCUT2D eigenvalue weighted by Gasteiger charge is 2.31. The first-order chi connectivity index (χ1) is 9.31. The third-order valence-electron chi connectivity index (χ3n) is 3.16. The summed E-state index contributed by atoms with van der Waals surface area (Å²) in [6.07, 6.45) is 1.74. The maximum Gasteiger partial charge on any atom is 0.471 e. The van der Waals surface area contributed by atoms with Crippen molar-refractivity contribution in [2.75, 3.05) is 12.0 Å². The Morgan fingerprint density at radius 3 is 2.68 bits per heavy atom. The fourth-order valence-electron chi connectivity index (χ4n) is 2.20. The van der Waals surface area contributed by atoms with Gasteiger partial charge in [0.15, 0.2) is 0 Å². The third kappa shape index (κ3) is 1.98. The van der Waals surface area contributed by atoms with E-state index in [0.29, 0.717) is 5.75 Å². The number of hydrazone groups is 1. The fraction of sp³-hybridized carbons (Fsp3) is 0.0714. The summed E-state index contributed by atoms with van der Waals surface area (Å²) in [4.78, 5) is 1.56. The molecule has 0 saturated carbocycles. The molecule has 1 aliphatic rings. The van der Waals surface area contributed by atoms with Gasteiger partial charge in [-0.25, -0.2) is 0 Å². The van der Waals surface area contributed by atoms with Crippen molar-refractivity contribution in [1.82, 2.24) is 0 Å². The Bertz CT molecular complexity index is 630. The molecule has 0 fully saturated rings. The summed E-state index contributed by atoms with van der Waals surface area (Å²) in [5.41, 5.74) is 2.51. The van der Waals surface area contributed by atoms with Gasteiger partial charge in [-0.05, 0) is 23.2 Å². The lowest BCUT2D eigenvalue weighted by molar-refractivity contribution is 0.415. The summed E-state index contributed by atoms with van der Waals surface area (Å²) in [5, 5.41) is 14.8. The van der Waals surface area contributed by atoms with E-state index < -0.39 is 7.05 Å². The number of anilines is 1. The van der Waals surface area contributed by atoms with Crippen LogP contribution in [-0.2, 0) is 0 Å². The first-order valence-electron chi connectivity index (χ1n) is 6.04. The molecule has 94 valence electrons. The van der Waals surface area contributed by atoms with Crippen LogP contribution in [0.2, 0.25) is 0 Å². The molecule has 0 saturated heterocycles. The third-order valence-corrected chi connectivity index (χ3v) is 3.16. The van der Waals surface area contributed by atoms with E-state index >= 15 is 0 Å². The van der Waals surface area contributed by atoms with E-state index in [-0.39, 0.29) is 0 Å². The van der Waals surface area contributed by atoms with Gasteiger partial charge in [0.1, 0.15) is 5.75 Å². The molecular weight excluding hydrogens is 239 g/mol. The van der Waals surface area contributed by atoms with Crippen LogP contribution in [0.25, 0.3) is 0 Å². The molecule has 19 heavy (non-hydrogen) atoms. The minimum atomic E-state index is -0.808. The summed E-state index contributed by atoms with van der Waals surface area (Å²) in [6.45, 7) is 0. The van der Waals surface area contributed by atoms with Gasteiger partial charge < -0.3 is 9.76 Å². The van der Waals surface area contributed by atoms with Crippen LogP contribution in [0.15, 0.2) is 53.6 Å². The van der Waals surface area contributed by atoms with Gasteiger partial charge in [0.05, 0.1) is 19.0 Å². The molecule has 0 amide bonds. The number of benzene rings is 2. The van der Waals surface area contributed by atoms with E-state index in [4.69, 9.17) is 4.74 Å². The Morgan fingerprint density at radius 2 is 1.84 bits per heavy atom. The van der Waals surface area contributed by atoms with Gasteiger partial charge in [0, 0.05) is 0 Å². The smallest absolute Gasteiger partial charge is 0.471 e. The predicted octanol–water partition coefficient (Wildman–Crippen LogP) is 1.24. The number of hydrogen-bond acceptors (Lipinski definition) is 4. The van der Waals surface area contributed by atoms with Crippen molar-refractivity contribution in [3.8, 4) is 5.75 Å². The summed E-state index contributed by atoms with van der Waals surface area (Å²) in [6, 6.07) is 15.1. The molecule has 0 bridgehead atoms. The lowest BCUT2D eigenvalue weighted by Gasteiger charge is -2.27. The van der Waals surface area contributed by atoms with E-state index in [1.165, 1.54) is 0 Å². The molecule has 2 aromatic carbocycles. The standard InChI is InChI=1S/C14H13BN2O2/c1-19-14-9-5-4-8-13(14)17-15(18)12-7-3-2-6-11(12)10-16-17/h2-10,18H,1H3. The van der Waals surface area contributed by atoms with Gasteiger partial charge in [0.25, 0.3) is 0 Å². The molecule has 4 nitrogen and oxygen atoms in total. The number of rotatable bonds is 2. The summed E-state index contributed by atoms with van der Waals surface area (Å²) in [5.74, 6) is 0.679. The van der Waals surface area contributed by atoms with Crippen molar-refractivity contribution in [2.45, 2.75) is 0 Å². The predicted molar refractivity (Wildman–Crippen MR) is 77.1 cm³/mol. The zero-order valence-corrected chi connectivity index (χ0v) is 10.5. The van der Waals surface area contributed by atoms with Crippen molar-refractivity contribution in [3.05, 3.63) is 54.1 Å². The van der Waals surface area contributed by atoms with Gasteiger partial charge in [-0.1, -0.05) is 36.4 Å². The second-order valence-electron chi connectivity index (χ2n) is 4.26. The average Bonchev–Trinajstić information content (AvgIpc) is 2.48. The Morgan fingerprint density at radius 1 is 1.11 bits per heavy atom. The molecule has 1 aliphatic heterocycles. The van der Waals surface area contributed by atoms with Gasteiger partial charge in [-0.2, -0.15) is 5.10 Å². The quantitative estimate of drug-likeness (QED) is 0.818. The Hall–Kier alpha value is -2.27. The molecule has 0 spiro atoms. The molecule has 0 atom stereocenters. The molecule has 1 N–H and O–H groups in total. The van der Waals surface area contributed by atoms with Gasteiger partial charge in [0.2, 0.25) is 0 Å². The normalized spacial score (nSPS) is 13.4. The van der Waals surface area contributed by atoms with Crippen LogP contribution in [0, 0.1) is 0 Å². The molecular formula is C14H13BN2O2. The highest BCUT2D eigenvalue weighted by molar-refractivity contribution is 6.71. The average molecular weight is 252 g/mol. The lowest BCUT2D eigenvalue weighted by Crippen LogP contribution is -2.50. The van der Waals surface area contributed by atoms with Gasteiger partial charge in [-0.15, -0.1) is 0 Å². The maximum absolute atomic E-state index is 10.5. The summed E-state index contributed by atoms with van der Waals surface area (Å²) in [7, 11) is 0.796. The SMILES string of the molecule is COc1ccccc1N1N=Cc2ccccc2B1O. The molecule has 1 heterocycles. The Labute approximate surface area is 112 Å².